The van der Waals surface area contributed by atoms with E-state index >= 15 is 0 Å². The Labute approximate surface area is 153 Å². The first-order valence-electron chi connectivity index (χ1n) is 8.74. The van der Waals surface area contributed by atoms with Crippen LogP contribution in [0.1, 0.15) is 13.3 Å². The largest absolute Gasteiger partial charge is 0.493 e. The normalized spacial score (nSPS) is 13.9. The topological polar surface area (TPSA) is 88.2 Å². The van der Waals surface area contributed by atoms with Gasteiger partial charge in [0, 0.05) is 26.2 Å². The molecular weight excluding hydrogens is 338 g/mol. The van der Waals surface area contributed by atoms with Crippen molar-refractivity contribution in [2.45, 2.75) is 13.3 Å². The number of hydrogen-bond acceptors (Lipinski definition) is 5. The molecule has 0 saturated carbocycles. The second-order valence-corrected chi connectivity index (χ2v) is 5.75. The number of carbonyl (C=O) groups is 3. The Kier molecular flexibility index (Phi) is 7.73. The molecule has 1 aliphatic heterocycles. The number of rotatable bonds is 7. The van der Waals surface area contributed by atoms with Gasteiger partial charge >= 0.3 is 6.09 Å². The van der Waals surface area contributed by atoms with Gasteiger partial charge in [-0.25, -0.2) is 4.79 Å². The molecule has 0 aromatic heterocycles. The molecule has 1 heterocycles. The minimum absolute atomic E-state index is 0.0520. The lowest BCUT2D eigenvalue weighted by molar-refractivity contribution is -0.134. The molecule has 8 nitrogen and oxygen atoms in total. The monoisotopic (exact) mass is 363 g/mol. The van der Waals surface area contributed by atoms with E-state index in [1.807, 2.05) is 30.3 Å². The van der Waals surface area contributed by atoms with Crippen molar-refractivity contribution in [1.29, 1.82) is 0 Å². The van der Waals surface area contributed by atoms with Gasteiger partial charge in [0.05, 0.1) is 26.2 Å². The highest BCUT2D eigenvalue weighted by Crippen LogP contribution is 2.08. The fraction of sp³-hybridized carbons (Fsp3) is 0.500. The molecule has 0 bridgehead atoms. The molecule has 1 fully saturated rings. The van der Waals surface area contributed by atoms with Crippen LogP contribution in [-0.2, 0) is 14.3 Å². The average molecular weight is 363 g/mol. The zero-order chi connectivity index (χ0) is 18.8. The summed E-state index contributed by atoms with van der Waals surface area (Å²) in [6, 6.07) is 9.23. The molecule has 2 rings (SSSR count). The molecule has 0 unspecified atom stereocenters. The zero-order valence-electron chi connectivity index (χ0n) is 15.0. The van der Waals surface area contributed by atoms with E-state index < -0.39 is 0 Å². The van der Waals surface area contributed by atoms with Gasteiger partial charge in [0.1, 0.15) is 5.75 Å². The Balaban J connectivity index is 1.61. The zero-order valence-corrected chi connectivity index (χ0v) is 15.0. The van der Waals surface area contributed by atoms with Gasteiger partial charge in [-0.3, -0.25) is 9.59 Å². The first-order chi connectivity index (χ1) is 12.6. The molecule has 1 aliphatic rings. The van der Waals surface area contributed by atoms with Gasteiger partial charge < -0.3 is 24.6 Å². The Morgan fingerprint density at radius 3 is 2.35 bits per heavy atom. The van der Waals surface area contributed by atoms with Crippen LogP contribution < -0.4 is 10.1 Å². The Morgan fingerprint density at radius 2 is 1.69 bits per heavy atom. The van der Waals surface area contributed by atoms with Crippen molar-refractivity contribution in [3.8, 4) is 5.75 Å². The molecule has 3 amide bonds. The number of carbonyl (C=O) groups excluding carboxylic acids is 3. The SMILES string of the molecule is CCOC(=O)N1CCN(C(=O)CNC(=O)CCOc2ccccc2)CC1. The van der Waals surface area contributed by atoms with Crippen molar-refractivity contribution in [1.82, 2.24) is 15.1 Å². The molecule has 1 N–H and O–H groups in total. The third-order valence-electron chi connectivity index (χ3n) is 3.94. The summed E-state index contributed by atoms with van der Waals surface area (Å²) in [5.74, 6) is 0.307. The minimum atomic E-state index is -0.355. The molecule has 1 aromatic carbocycles. The number of para-hydroxylation sites is 1. The standard InChI is InChI=1S/C18H25N3O5/c1-2-25-18(24)21-11-9-20(10-12-21)17(23)14-19-16(22)8-13-26-15-6-4-3-5-7-15/h3-7H,2,8-14H2,1H3,(H,19,22). The van der Waals surface area contributed by atoms with E-state index in [2.05, 4.69) is 5.32 Å². The lowest BCUT2D eigenvalue weighted by atomic mass is 10.3. The molecule has 26 heavy (non-hydrogen) atoms. The summed E-state index contributed by atoms with van der Waals surface area (Å²) in [4.78, 5) is 38.8. The van der Waals surface area contributed by atoms with E-state index in [0.29, 0.717) is 38.5 Å². The fourth-order valence-corrected chi connectivity index (χ4v) is 2.51. The van der Waals surface area contributed by atoms with E-state index in [1.165, 1.54) is 0 Å². The number of benzene rings is 1. The molecule has 0 radical (unpaired) electrons. The van der Waals surface area contributed by atoms with Gasteiger partial charge in [-0.05, 0) is 19.1 Å². The van der Waals surface area contributed by atoms with Gasteiger partial charge in [-0.1, -0.05) is 18.2 Å². The predicted molar refractivity (Wildman–Crippen MR) is 94.7 cm³/mol. The number of hydrogen-bond donors (Lipinski definition) is 1. The minimum Gasteiger partial charge on any atom is -0.493 e. The van der Waals surface area contributed by atoms with Crippen LogP contribution in [0.25, 0.3) is 0 Å². The van der Waals surface area contributed by atoms with E-state index in [-0.39, 0.29) is 37.5 Å². The maximum Gasteiger partial charge on any atom is 0.409 e. The van der Waals surface area contributed by atoms with Crippen LogP contribution in [0, 0.1) is 0 Å². The lowest BCUT2D eigenvalue weighted by Gasteiger charge is -2.34. The maximum atomic E-state index is 12.1. The van der Waals surface area contributed by atoms with Crippen LogP contribution in [0.2, 0.25) is 0 Å². The molecule has 142 valence electrons. The van der Waals surface area contributed by atoms with Crippen molar-refractivity contribution < 1.29 is 23.9 Å². The van der Waals surface area contributed by atoms with Crippen LogP contribution in [0.3, 0.4) is 0 Å². The van der Waals surface area contributed by atoms with E-state index in [9.17, 15) is 14.4 Å². The smallest absolute Gasteiger partial charge is 0.409 e. The number of nitrogens with one attached hydrogen (secondary N) is 1. The lowest BCUT2D eigenvalue weighted by Crippen LogP contribution is -2.52. The second-order valence-electron chi connectivity index (χ2n) is 5.75. The third-order valence-corrected chi connectivity index (χ3v) is 3.94. The van der Waals surface area contributed by atoms with Crippen molar-refractivity contribution >= 4 is 17.9 Å². The Hall–Kier alpha value is -2.77. The molecule has 0 spiro atoms. The summed E-state index contributed by atoms with van der Waals surface area (Å²) < 4.78 is 10.4. The van der Waals surface area contributed by atoms with Crippen LogP contribution in [0.4, 0.5) is 4.79 Å². The van der Waals surface area contributed by atoms with Crippen molar-refractivity contribution in [2.75, 3.05) is 45.9 Å². The fourth-order valence-electron chi connectivity index (χ4n) is 2.51. The van der Waals surface area contributed by atoms with Crippen LogP contribution >= 0.6 is 0 Å². The molecule has 0 atom stereocenters. The number of piperazine rings is 1. The van der Waals surface area contributed by atoms with Gasteiger partial charge in [-0.2, -0.15) is 0 Å². The van der Waals surface area contributed by atoms with E-state index in [0.717, 1.165) is 0 Å². The van der Waals surface area contributed by atoms with Crippen LogP contribution in [0.15, 0.2) is 30.3 Å². The van der Waals surface area contributed by atoms with E-state index in [1.54, 1.807) is 16.7 Å². The summed E-state index contributed by atoms with van der Waals surface area (Å²) in [6.45, 7) is 4.03. The van der Waals surface area contributed by atoms with Gasteiger partial charge in [0.2, 0.25) is 11.8 Å². The molecule has 1 saturated heterocycles. The Morgan fingerprint density at radius 1 is 1.04 bits per heavy atom. The summed E-state index contributed by atoms with van der Waals surface area (Å²) in [7, 11) is 0. The number of nitrogens with zero attached hydrogens (tertiary/aromatic N) is 2. The molecular formula is C18H25N3O5. The van der Waals surface area contributed by atoms with Crippen LogP contribution in [0.5, 0.6) is 5.75 Å². The van der Waals surface area contributed by atoms with Crippen molar-refractivity contribution in [3.63, 3.8) is 0 Å². The molecule has 8 heteroatoms. The second kappa shape index (κ2) is 10.3. The highest BCUT2D eigenvalue weighted by atomic mass is 16.6. The van der Waals surface area contributed by atoms with Gasteiger partial charge in [-0.15, -0.1) is 0 Å². The molecule has 1 aromatic rings. The number of amides is 3. The maximum absolute atomic E-state index is 12.1. The van der Waals surface area contributed by atoms with Crippen LogP contribution in [-0.4, -0.2) is 73.6 Å². The van der Waals surface area contributed by atoms with Gasteiger partial charge in [0.25, 0.3) is 0 Å². The predicted octanol–water partition coefficient (Wildman–Crippen LogP) is 0.872. The van der Waals surface area contributed by atoms with E-state index in [4.69, 9.17) is 9.47 Å². The van der Waals surface area contributed by atoms with Crippen molar-refractivity contribution in [2.24, 2.45) is 0 Å². The quantitative estimate of drug-likeness (QED) is 0.777. The average Bonchev–Trinajstić information content (AvgIpc) is 2.67. The highest BCUT2D eigenvalue weighted by molar-refractivity contribution is 5.85. The summed E-state index contributed by atoms with van der Waals surface area (Å²) in [5.41, 5.74) is 0. The summed E-state index contributed by atoms with van der Waals surface area (Å²) >= 11 is 0. The summed E-state index contributed by atoms with van der Waals surface area (Å²) in [6.07, 6.45) is -0.176. The number of ether oxygens (including phenoxy) is 2. The first-order valence-corrected chi connectivity index (χ1v) is 8.74. The first kappa shape index (κ1) is 19.6. The highest BCUT2D eigenvalue weighted by Gasteiger charge is 2.24. The summed E-state index contributed by atoms with van der Waals surface area (Å²) in [5, 5.41) is 2.60. The third kappa shape index (κ3) is 6.27. The van der Waals surface area contributed by atoms with Gasteiger partial charge in [0.15, 0.2) is 0 Å². The molecule has 0 aliphatic carbocycles. The Bertz CT molecular complexity index is 600. The van der Waals surface area contributed by atoms with Crippen molar-refractivity contribution in [3.05, 3.63) is 30.3 Å².